The third kappa shape index (κ3) is 3.90. The van der Waals surface area contributed by atoms with Crippen LogP contribution in [0, 0.1) is 0 Å². The van der Waals surface area contributed by atoms with E-state index in [0.29, 0.717) is 22.9 Å². The number of amides is 1. The topological polar surface area (TPSA) is 38.8 Å². The Morgan fingerprint density at radius 1 is 1.12 bits per heavy atom. The quantitative estimate of drug-likeness (QED) is 0.800. The molecule has 3 rings (SSSR count). The van der Waals surface area contributed by atoms with Crippen molar-refractivity contribution in [3.63, 3.8) is 0 Å². The van der Waals surface area contributed by atoms with Crippen LogP contribution in [-0.4, -0.2) is 31.6 Å². The van der Waals surface area contributed by atoms with Crippen LogP contribution in [0.15, 0.2) is 42.5 Å². The second kappa shape index (κ2) is 7.79. The summed E-state index contributed by atoms with van der Waals surface area (Å²) in [6.45, 7) is 0.783. The monoisotopic (exact) mass is 359 g/mol. The van der Waals surface area contributed by atoms with E-state index in [1.165, 1.54) is 0 Å². The van der Waals surface area contributed by atoms with Gasteiger partial charge in [-0.05, 0) is 48.2 Å². The molecular weight excluding hydrogens is 338 g/mol. The fourth-order valence-corrected chi connectivity index (χ4v) is 3.48. The first-order valence-corrected chi connectivity index (χ1v) is 8.76. The van der Waals surface area contributed by atoms with Gasteiger partial charge in [0, 0.05) is 11.6 Å². The molecule has 1 atom stereocenters. The molecular formula is C20H22ClNO3. The number of likely N-dealkylation sites (tertiary alicyclic amines) is 1. The number of ether oxygens (including phenoxy) is 2. The molecule has 2 aromatic carbocycles. The molecule has 4 nitrogen and oxygen atoms in total. The van der Waals surface area contributed by atoms with Crippen LogP contribution in [0.2, 0.25) is 5.02 Å². The summed E-state index contributed by atoms with van der Waals surface area (Å²) in [6.07, 6.45) is 2.36. The van der Waals surface area contributed by atoms with Crippen LogP contribution in [0.3, 0.4) is 0 Å². The van der Waals surface area contributed by atoms with Gasteiger partial charge in [-0.3, -0.25) is 4.79 Å². The molecule has 1 fully saturated rings. The molecule has 1 aliphatic rings. The summed E-state index contributed by atoms with van der Waals surface area (Å²) in [6, 6.07) is 13.4. The van der Waals surface area contributed by atoms with Crippen molar-refractivity contribution in [1.82, 2.24) is 4.90 Å². The number of carbonyl (C=O) groups is 1. The summed E-state index contributed by atoms with van der Waals surface area (Å²) >= 11 is 5.91. The van der Waals surface area contributed by atoms with Gasteiger partial charge in [0.2, 0.25) is 5.91 Å². The van der Waals surface area contributed by atoms with Crippen molar-refractivity contribution in [2.45, 2.75) is 25.3 Å². The largest absolute Gasteiger partial charge is 0.493 e. The van der Waals surface area contributed by atoms with Gasteiger partial charge < -0.3 is 14.4 Å². The third-order valence-corrected chi connectivity index (χ3v) is 4.89. The van der Waals surface area contributed by atoms with Crippen LogP contribution in [0.4, 0.5) is 0 Å². The van der Waals surface area contributed by atoms with Crippen molar-refractivity contribution in [2.75, 3.05) is 20.8 Å². The lowest BCUT2D eigenvalue weighted by Crippen LogP contribution is -2.31. The molecule has 0 aromatic heterocycles. The van der Waals surface area contributed by atoms with Gasteiger partial charge >= 0.3 is 0 Å². The maximum atomic E-state index is 12.8. The molecule has 0 radical (unpaired) electrons. The molecule has 0 N–H and O–H groups in total. The zero-order chi connectivity index (χ0) is 17.8. The average Bonchev–Trinajstić information content (AvgIpc) is 3.13. The Balaban J connectivity index is 1.77. The number of hydrogen-bond donors (Lipinski definition) is 0. The Kier molecular flexibility index (Phi) is 5.49. The first kappa shape index (κ1) is 17.6. The van der Waals surface area contributed by atoms with Gasteiger partial charge in [0.15, 0.2) is 11.5 Å². The van der Waals surface area contributed by atoms with Crippen molar-refractivity contribution in [2.24, 2.45) is 0 Å². The lowest BCUT2D eigenvalue weighted by atomic mass is 10.0. The van der Waals surface area contributed by atoms with Gasteiger partial charge in [-0.15, -0.1) is 0 Å². The summed E-state index contributed by atoms with van der Waals surface area (Å²) in [5.74, 6) is 1.53. The maximum Gasteiger partial charge on any atom is 0.227 e. The van der Waals surface area contributed by atoms with E-state index in [-0.39, 0.29) is 11.9 Å². The highest BCUT2D eigenvalue weighted by atomic mass is 35.5. The first-order chi connectivity index (χ1) is 12.1. The summed E-state index contributed by atoms with van der Waals surface area (Å²) in [7, 11) is 3.24. The average molecular weight is 360 g/mol. The number of rotatable bonds is 5. The van der Waals surface area contributed by atoms with Crippen molar-refractivity contribution in [3.8, 4) is 11.5 Å². The van der Waals surface area contributed by atoms with Crippen LogP contribution in [0.5, 0.6) is 11.5 Å². The zero-order valence-electron chi connectivity index (χ0n) is 14.5. The van der Waals surface area contributed by atoms with E-state index in [4.69, 9.17) is 21.1 Å². The van der Waals surface area contributed by atoms with E-state index in [1.54, 1.807) is 14.2 Å². The lowest BCUT2D eigenvalue weighted by molar-refractivity contribution is -0.131. The number of hydrogen-bond acceptors (Lipinski definition) is 3. The fraction of sp³-hybridized carbons (Fsp3) is 0.350. The second-order valence-electron chi connectivity index (χ2n) is 6.16. The van der Waals surface area contributed by atoms with Gasteiger partial charge in [-0.25, -0.2) is 0 Å². The van der Waals surface area contributed by atoms with E-state index in [0.717, 1.165) is 30.5 Å². The van der Waals surface area contributed by atoms with Crippen molar-refractivity contribution < 1.29 is 14.3 Å². The van der Waals surface area contributed by atoms with E-state index < -0.39 is 0 Å². The van der Waals surface area contributed by atoms with E-state index in [2.05, 4.69) is 0 Å². The van der Waals surface area contributed by atoms with Gasteiger partial charge in [-0.2, -0.15) is 0 Å². The highest BCUT2D eigenvalue weighted by Gasteiger charge is 2.30. The van der Waals surface area contributed by atoms with E-state index in [1.807, 2.05) is 47.4 Å². The van der Waals surface area contributed by atoms with Crippen molar-refractivity contribution in [3.05, 3.63) is 58.6 Å². The molecule has 1 heterocycles. The van der Waals surface area contributed by atoms with E-state index in [9.17, 15) is 4.79 Å². The minimum absolute atomic E-state index is 0.0830. The highest BCUT2D eigenvalue weighted by Crippen LogP contribution is 2.37. The molecule has 2 aromatic rings. The molecule has 25 heavy (non-hydrogen) atoms. The van der Waals surface area contributed by atoms with Crippen LogP contribution in [0.25, 0.3) is 0 Å². The first-order valence-electron chi connectivity index (χ1n) is 8.38. The van der Waals surface area contributed by atoms with Crippen LogP contribution in [-0.2, 0) is 11.2 Å². The summed E-state index contributed by atoms with van der Waals surface area (Å²) < 4.78 is 10.7. The summed E-state index contributed by atoms with van der Waals surface area (Å²) in [4.78, 5) is 14.8. The Hall–Kier alpha value is -2.20. The van der Waals surface area contributed by atoms with E-state index >= 15 is 0 Å². The molecule has 1 aliphatic heterocycles. The minimum atomic E-state index is 0.0830. The number of methoxy groups -OCH3 is 2. The fourth-order valence-electron chi connectivity index (χ4n) is 3.35. The number of halogens is 1. The van der Waals surface area contributed by atoms with Gasteiger partial charge in [0.1, 0.15) is 0 Å². The maximum absolute atomic E-state index is 12.8. The molecule has 0 aliphatic carbocycles. The molecule has 0 bridgehead atoms. The molecule has 0 spiro atoms. The number of carbonyl (C=O) groups excluding carboxylic acids is 1. The Bertz CT molecular complexity index is 745. The molecule has 5 heteroatoms. The lowest BCUT2D eigenvalue weighted by Gasteiger charge is -2.26. The molecule has 1 unspecified atom stereocenters. The smallest absolute Gasteiger partial charge is 0.227 e. The van der Waals surface area contributed by atoms with Crippen LogP contribution < -0.4 is 9.47 Å². The number of nitrogens with zero attached hydrogens (tertiary/aromatic N) is 1. The zero-order valence-corrected chi connectivity index (χ0v) is 15.3. The van der Waals surface area contributed by atoms with Gasteiger partial charge in [0.25, 0.3) is 0 Å². The predicted molar refractivity (Wildman–Crippen MR) is 98.4 cm³/mol. The molecule has 1 amide bonds. The Morgan fingerprint density at radius 3 is 2.52 bits per heavy atom. The second-order valence-corrected chi connectivity index (χ2v) is 6.60. The van der Waals surface area contributed by atoms with Gasteiger partial charge in [0.05, 0.1) is 26.7 Å². The summed E-state index contributed by atoms with van der Waals surface area (Å²) in [5.41, 5.74) is 2.06. The highest BCUT2D eigenvalue weighted by molar-refractivity contribution is 6.30. The van der Waals surface area contributed by atoms with Crippen LogP contribution >= 0.6 is 11.6 Å². The minimum Gasteiger partial charge on any atom is -0.493 e. The van der Waals surface area contributed by atoms with Crippen LogP contribution in [0.1, 0.15) is 30.0 Å². The molecule has 1 saturated heterocycles. The standard InChI is InChI=1S/C20H22ClNO3/c1-24-18-10-7-15(13-19(18)25-2)17-4-3-11-22(17)20(23)12-14-5-8-16(21)9-6-14/h5-10,13,17H,3-4,11-12H2,1-2H3. The number of benzene rings is 2. The normalized spacial score (nSPS) is 16.8. The Morgan fingerprint density at radius 2 is 1.84 bits per heavy atom. The SMILES string of the molecule is COc1ccc(C2CCCN2C(=O)Cc2ccc(Cl)cc2)cc1OC. The van der Waals surface area contributed by atoms with Crippen molar-refractivity contribution >= 4 is 17.5 Å². The molecule has 132 valence electrons. The summed E-state index contributed by atoms with van der Waals surface area (Å²) in [5, 5.41) is 0.681. The van der Waals surface area contributed by atoms with Crippen molar-refractivity contribution in [1.29, 1.82) is 0 Å². The molecule has 0 saturated carbocycles. The van der Waals surface area contributed by atoms with Gasteiger partial charge in [-0.1, -0.05) is 29.8 Å². The Labute approximate surface area is 153 Å². The predicted octanol–water partition coefficient (Wildman–Crippen LogP) is 4.26. The third-order valence-electron chi connectivity index (χ3n) is 4.63.